The molecular formula is C8H11NO. The van der Waals surface area contributed by atoms with Gasteiger partial charge in [-0.2, -0.15) is 0 Å². The highest BCUT2D eigenvalue weighted by atomic mass is 16.3. The molecule has 0 spiro atoms. The van der Waals surface area contributed by atoms with Crippen molar-refractivity contribution < 1.29 is 13.4 Å². The van der Waals surface area contributed by atoms with E-state index in [-0.39, 0.29) is 17.0 Å². The van der Waals surface area contributed by atoms with E-state index in [1.807, 2.05) is 0 Å². The molecule has 0 atom stereocenters. The Hall–Kier alpha value is -1.02. The maximum atomic E-state index is 7.65. The third kappa shape index (κ3) is 1.74. The summed E-state index contributed by atoms with van der Waals surface area (Å²) in [5.41, 5.74) is -0.338. The molecule has 1 aromatic carbocycles. The molecule has 54 valence electrons. The topological polar surface area (TPSA) is 46.2 Å². The van der Waals surface area contributed by atoms with Gasteiger partial charge in [-0.25, -0.2) is 0 Å². The second kappa shape index (κ2) is 3.22. The molecule has 0 unspecified atom stereocenters. The van der Waals surface area contributed by atoms with Crippen LogP contribution in [0.4, 0.5) is 0 Å². The second-order valence-corrected chi connectivity index (χ2v) is 1.76. The van der Waals surface area contributed by atoms with Crippen LogP contribution < -0.4 is 5.72 Å². The highest BCUT2D eigenvalue weighted by Gasteiger charge is 1.89. The smallest absolute Gasteiger partial charge is 0.293 e. The summed E-state index contributed by atoms with van der Waals surface area (Å²) in [4.78, 5) is 0. The summed E-state index contributed by atoms with van der Waals surface area (Å²) >= 11 is 0. The maximum Gasteiger partial charge on any atom is 0.293 e. The van der Waals surface area contributed by atoms with Crippen molar-refractivity contribution in [2.24, 2.45) is 5.72 Å². The number of aryl methyl sites for hydroxylation is 1. The average Bonchev–Trinajstić information content (AvgIpc) is 2.28. The van der Waals surface area contributed by atoms with E-state index in [1.165, 1.54) is 24.3 Å². The van der Waals surface area contributed by atoms with Crippen molar-refractivity contribution in [2.45, 2.75) is 6.37 Å². The van der Waals surface area contributed by atoms with Crippen molar-refractivity contribution in [2.75, 3.05) is 6.50 Å². The van der Waals surface area contributed by atoms with E-state index in [2.05, 4.69) is 5.11 Å². The Kier molecular flexibility index (Phi) is 0.722. The molecular weight excluding hydrogens is 126 g/mol. The highest BCUT2D eigenvalue weighted by Crippen LogP contribution is 2.09. The molecule has 0 saturated heterocycles. The minimum Gasteiger partial charge on any atom is -0.508 e. The van der Waals surface area contributed by atoms with Gasteiger partial charge < -0.3 is 10.8 Å². The average molecular weight is 144 g/mol. The van der Waals surface area contributed by atoms with Gasteiger partial charge in [0, 0.05) is 5.48 Å². The largest absolute Gasteiger partial charge is 0.508 e. The zero-order chi connectivity index (χ0) is 13.3. The number of phenolic OH excluding ortho intramolecular Hbond substituents is 1. The number of nitrogens with two attached hydrogens (primary N) is 1. The molecule has 0 radical (unpaired) electrons. The molecule has 0 aliphatic rings. The van der Waals surface area contributed by atoms with Crippen LogP contribution in [0.3, 0.4) is 0 Å². The number of aromatic hydroxyl groups is 1. The number of hydrogen-bond acceptors (Lipinski definition) is 2. The van der Waals surface area contributed by atoms with Gasteiger partial charge >= 0.3 is 0 Å². The van der Waals surface area contributed by atoms with E-state index < -0.39 is 12.9 Å². The summed E-state index contributed by atoms with van der Waals surface area (Å²) in [6, 6.07) is 5.14. The molecule has 0 saturated carbocycles. The molecule has 0 bridgehead atoms. The van der Waals surface area contributed by atoms with Crippen LogP contribution in [0.15, 0.2) is 24.3 Å². The van der Waals surface area contributed by atoms with Gasteiger partial charge in [-0.1, -0.05) is 12.1 Å². The summed E-state index contributed by atoms with van der Waals surface area (Å²) in [5.74, 6) is 0.193. The molecule has 2 heteroatoms. The van der Waals surface area contributed by atoms with Crippen LogP contribution >= 0.6 is 0 Å². The lowest BCUT2D eigenvalue weighted by molar-refractivity contribution is 0.475. The van der Waals surface area contributed by atoms with E-state index in [4.69, 9.17) is 9.74 Å². The van der Waals surface area contributed by atoms with Crippen LogP contribution in [0.5, 0.6) is 5.75 Å². The van der Waals surface area contributed by atoms with Gasteiger partial charge in [0.05, 0.1) is 0 Å². The van der Waals surface area contributed by atoms with E-state index in [0.717, 1.165) is 0 Å². The molecule has 3 N–H and O–H groups in total. The van der Waals surface area contributed by atoms with Crippen molar-refractivity contribution >= 4 is 0 Å². The molecule has 0 amide bonds. The first-order valence-electron chi connectivity index (χ1n) is 6.05. The maximum absolute atomic E-state index is 7.65. The van der Waals surface area contributed by atoms with Gasteiger partial charge in [0.15, 0.2) is 0 Å². The quantitative estimate of drug-likeness (QED) is 0.659. The van der Waals surface area contributed by atoms with E-state index in [0.29, 0.717) is 0 Å². The molecule has 10 heavy (non-hydrogen) atoms. The molecule has 0 aliphatic heterocycles. The SMILES string of the molecule is [2H]Oc1ccc(C([2H])([2H])C([2H])([2H])N([2H])[2H])cc1. The summed E-state index contributed by atoms with van der Waals surface area (Å²) < 4.78 is 50.5. The molecule has 0 aliphatic carbocycles. The first-order valence-corrected chi connectivity index (χ1v) is 2.75. The van der Waals surface area contributed by atoms with Gasteiger partial charge in [-0.15, -0.1) is 0 Å². The third-order valence-corrected chi connectivity index (χ3v) is 1.05. The van der Waals surface area contributed by atoms with Crippen molar-refractivity contribution in [3.63, 3.8) is 0 Å². The van der Waals surface area contributed by atoms with Crippen molar-refractivity contribution in [1.82, 2.24) is 0 Å². The number of rotatable bonds is 4. The monoisotopic (exact) mass is 144 g/mol. The lowest BCUT2D eigenvalue weighted by Crippen LogP contribution is -2.01. The van der Waals surface area contributed by atoms with Gasteiger partial charge in [0.25, 0.3) is 1.43 Å². The van der Waals surface area contributed by atoms with Crippen molar-refractivity contribution in [1.29, 1.82) is 1.43 Å². The van der Waals surface area contributed by atoms with Crippen LogP contribution in [0.2, 0.25) is 2.82 Å². The third-order valence-electron chi connectivity index (χ3n) is 1.05. The lowest BCUT2D eigenvalue weighted by atomic mass is 10.1. The van der Waals surface area contributed by atoms with Gasteiger partial charge in [-0.3, -0.25) is 0 Å². The Morgan fingerprint density at radius 3 is 3.00 bits per heavy atom. The Labute approximate surface area is 70.3 Å². The molecule has 0 heterocycles. The molecule has 1 rings (SSSR count). The van der Waals surface area contributed by atoms with Crippen LogP contribution in [0.1, 0.15) is 11.0 Å². The molecule has 2 nitrogen and oxygen atoms in total. The number of hydrogen-bond donors (Lipinski definition) is 2. The minimum atomic E-state index is -2.80. The standard InChI is InChI=1S/C8H11NO/c9-6-5-7-1-3-8(10)4-2-7/h1-4,10H,5-6,9H2/i5D2,6D2/hD3. The highest BCUT2D eigenvalue weighted by molar-refractivity contribution is 5.25. The van der Waals surface area contributed by atoms with Crippen molar-refractivity contribution in [3.05, 3.63) is 29.8 Å². The Morgan fingerprint density at radius 2 is 2.40 bits per heavy atom. The second-order valence-electron chi connectivity index (χ2n) is 1.76. The summed E-state index contributed by atoms with van der Waals surface area (Å²) in [5, 5.41) is 4.16. The normalized spacial score (nSPS) is 22.7. The van der Waals surface area contributed by atoms with Gasteiger partial charge in [0.2, 0.25) is 0 Å². The number of phenols is 1. The zero-order valence-electron chi connectivity index (χ0n) is 12.2. The molecule has 0 fully saturated rings. The van der Waals surface area contributed by atoms with E-state index >= 15 is 0 Å². The zero-order valence-corrected chi connectivity index (χ0v) is 5.16. The summed E-state index contributed by atoms with van der Waals surface area (Å²) in [6.07, 6.45) is -2.53. The predicted octanol–water partition coefficient (Wildman–Crippen LogP) is 0.893. The first kappa shape index (κ1) is 2.24. The van der Waals surface area contributed by atoms with Crippen LogP contribution in [0, 0.1) is 0 Å². The fourth-order valence-corrected chi connectivity index (χ4v) is 0.603. The molecule has 0 aromatic heterocycles. The van der Waals surface area contributed by atoms with Gasteiger partial charge in [-0.05, 0) is 30.6 Å². The van der Waals surface area contributed by atoms with Gasteiger partial charge in [0.1, 0.15) is 8.57 Å². The molecule has 1 aromatic rings. The Morgan fingerprint density at radius 1 is 1.60 bits per heavy atom. The number of benzene rings is 1. The van der Waals surface area contributed by atoms with Crippen LogP contribution in [0.25, 0.3) is 0 Å². The van der Waals surface area contributed by atoms with E-state index in [9.17, 15) is 0 Å². The van der Waals surface area contributed by atoms with E-state index in [1.54, 1.807) is 0 Å². The first-order chi connectivity index (χ1) is 7.73. The fraction of sp³-hybridized carbons (Fsp3) is 0.250. The fourth-order valence-electron chi connectivity index (χ4n) is 0.603. The predicted molar refractivity (Wildman–Crippen MR) is 40.9 cm³/mol. The van der Waals surface area contributed by atoms with Crippen LogP contribution in [-0.4, -0.2) is 13.0 Å². The lowest BCUT2D eigenvalue weighted by Gasteiger charge is -1.96. The Balaban J connectivity index is 3.12. The van der Waals surface area contributed by atoms with Crippen molar-refractivity contribution in [3.8, 4) is 5.75 Å². The minimum absolute atomic E-state index is 0.0344. The summed E-state index contributed by atoms with van der Waals surface area (Å²) in [7, 11) is 0. The van der Waals surface area contributed by atoms with Crippen LogP contribution in [-0.2, 0) is 6.37 Å². The summed E-state index contributed by atoms with van der Waals surface area (Å²) in [6.45, 7) is -2.80. The Bertz CT molecular complexity index is 378.